The molecule has 0 unspecified atom stereocenters. The molecule has 0 radical (unpaired) electrons. The van der Waals surface area contributed by atoms with Gasteiger partial charge in [-0.1, -0.05) is 0 Å². The Labute approximate surface area is 102 Å². The van der Waals surface area contributed by atoms with Crippen LogP contribution >= 0.6 is 0 Å². The van der Waals surface area contributed by atoms with Gasteiger partial charge in [-0.15, -0.1) is 0 Å². The summed E-state index contributed by atoms with van der Waals surface area (Å²) in [7, 11) is 0. The molecule has 1 aromatic carbocycles. The lowest BCUT2D eigenvalue weighted by molar-refractivity contribution is -0.384. The number of carbonyl (C=O) groups excluding carboxylic acids is 1. The molecule has 1 heterocycles. The summed E-state index contributed by atoms with van der Waals surface area (Å²) < 4.78 is 1.49. The van der Waals surface area contributed by atoms with Gasteiger partial charge >= 0.3 is 0 Å². The molecule has 7 heteroatoms. The largest absolute Gasteiger partial charge is 0.324 e. The predicted molar refractivity (Wildman–Crippen MR) is 64.0 cm³/mol. The van der Waals surface area contributed by atoms with Gasteiger partial charge in [-0.2, -0.15) is 5.10 Å². The minimum atomic E-state index is -0.491. The van der Waals surface area contributed by atoms with Crippen LogP contribution in [0.2, 0.25) is 0 Å². The van der Waals surface area contributed by atoms with Crippen LogP contribution in [-0.2, 0) is 11.3 Å². The van der Waals surface area contributed by atoms with Gasteiger partial charge in [-0.3, -0.25) is 19.6 Å². The van der Waals surface area contributed by atoms with Crippen LogP contribution < -0.4 is 5.32 Å². The van der Waals surface area contributed by atoms with Crippen LogP contribution in [-0.4, -0.2) is 20.6 Å². The number of nitrogens with zero attached hydrogens (tertiary/aromatic N) is 3. The number of nitro benzene ring substituents is 1. The van der Waals surface area contributed by atoms with Crippen molar-refractivity contribution in [1.29, 1.82) is 0 Å². The Hall–Kier alpha value is -2.70. The molecule has 7 nitrogen and oxygen atoms in total. The van der Waals surface area contributed by atoms with Gasteiger partial charge < -0.3 is 5.32 Å². The Bertz CT molecular complexity index is 548. The predicted octanol–water partition coefficient (Wildman–Crippen LogP) is 1.43. The molecule has 0 aliphatic carbocycles. The second kappa shape index (κ2) is 5.09. The summed E-state index contributed by atoms with van der Waals surface area (Å²) in [5.74, 6) is -0.243. The molecule has 1 amide bonds. The minimum Gasteiger partial charge on any atom is -0.324 e. The molecule has 0 saturated carbocycles. The van der Waals surface area contributed by atoms with Gasteiger partial charge in [-0.25, -0.2) is 0 Å². The van der Waals surface area contributed by atoms with Crippen LogP contribution in [0.1, 0.15) is 0 Å². The lowest BCUT2D eigenvalue weighted by Gasteiger charge is -2.04. The van der Waals surface area contributed by atoms with Gasteiger partial charge in [0.1, 0.15) is 6.54 Å². The van der Waals surface area contributed by atoms with E-state index in [0.717, 1.165) is 0 Å². The van der Waals surface area contributed by atoms with Crippen LogP contribution in [0.3, 0.4) is 0 Å². The average molecular weight is 246 g/mol. The van der Waals surface area contributed by atoms with Crippen molar-refractivity contribution in [3.63, 3.8) is 0 Å². The van der Waals surface area contributed by atoms with Crippen LogP contribution in [0.4, 0.5) is 11.4 Å². The first-order chi connectivity index (χ1) is 8.65. The lowest BCUT2D eigenvalue weighted by atomic mass is 10.3. The van der Waals surface area contributed by atoms with Crippen molar-refractivity contribution in [2.75, 3.05) is 5.32 Å². The number of benzene rings is 1. The minimum absolute atomic E-state index is 0.0138. The van der Waals surface area contributed by atoms with Gasteiger partial charge in [0.15, 0.2) is 0 Å². The summed E-state index contributed by atoms with van der Waals surface area (Å²) in [6.45, 7) is 0.101. The monoisotopic (exact) mass is 246 g/mol. The first-order valence-corrected chi connectivity index (χ1v) is 5.17. The Balaban J connectivity index is 1.97. The maximum absolute atomic E-state index is 11.6. The van der Waals surface area contributed by atoms with E-state index in [1.165, 1.54) is 28.9 Å². The van der Waals surface area contributed by atoms with Gasteiger partial charge in [0.2, 0.25) is 5.91 Å². The molecule has 92 valence electrons. The maximum Gasteiger partial charge on any atom is 0.269 e. The molecule has 0 bridgehead atoms. The first-order valence-electron chi connectivity index (χ1n) is 5.17. The van der Waals surface area contributed by atoms with E-state index < -0.39 is 4.92 Å². The third-order valence-corrected chi connectivity index (χ3v) is 2.23. The molecule has 2 rings (SSSR count). The first kappa shape index (κ1) is 11.8. The Kier molecular flexibility index (Phi) is 3.33. The molecular formula is C11H10N4O3. The highest BCUT2D eigenvalue weighted by Crippen LogP contribution is 2.15. The van der Waals surface area contributed by atoms with Gasteiger partial charge in [0, 0.05) is 30.2 Å². The Morgan fingerprint density at radius 2 is 2.11 bits per heavy atom. The number of anilines is 1. The highest BCUT2D eigenvalue weighted by molar-refractivity contribution is 5.90. The van der Waals surface area contributed by atoms with Crippen molar-refractivity contribution in [3.05, 3.63) is 52.8 Å². The van der Waals surface area contributed by atoms with Crippen molar-refractivity contribution >= 4 is 17.3 Å². The number of hydrogen-bond donors (Lipinski definition) is 1. The smallest absolute Gasteiger partial charge is 0.269 e. The molecule has 0 atom stereocenters. The van der Waals surface area contributed by atoms with Crippen molar-refractivity contribution in [1.82, 2.24) is 9.78 Å². The zero-order chi connectivity index (χ0) is 13.0. The summed E-state index contributed by atoms with van der Waals surface area (Å²) in [4.78, 5) is 21.6. The molecular weight excluding hydrogens is 236 g/mol. The number of amides is 1. The van der Waals surface area contributed by atoms with E-state index >= 15 is 0 Å². The van der Waals surface area contributed by atoms with Crippen LogP contribution in [0.5, 0.6) is 0 Å². The van der Waals surface area contributed by atoms with E-state index in [1.807, 2.05) is 0 Å². The second-order valence-electron chi connectivity index (χ2n) is 3.56. The van der Waals surface area contributed by atoms with E-state index in [0.29, 0.717) is 5.69 Å². The number of carbonyl (C=O) groups is 1. The third-order valence-electron chi connectivity index (χ3n) is 2.23. The van der Waals surface area contributed by atoms with Crippen molar-refractivity contribution in [2.45, 2.75) is 6.54 Å². The average Bonchev–Trinajstić information content (AvgIpc) is 2.82. The summed E-state index contributed by atoms with van der Waals surface area (Å²) in [6.07, 6.45) is 3.26. The molecule has 18 heavy (non-hydrogen) atoms. The number of nitrogens with one attached hydrogen (secondary N) is 1. The lowest BCUT2D eigenvalue weighted by Crippen LogP contribution is -2.18. The zero-order valence-electron chi connectivity index (χ0n) is 9.31. The van der Waals surface area contributed by atoms with Crippen LogP contribution in [0.15, 0.2) is 42.7 Å². The maximum atomic E-state index is 11.6. The SMILES string of the molecule is O=C(Cn1cccn1)Nc1ccc([N+](=O)[O-])cc1. The number of non-ortho nitro benzene ring substituents is 1. The van der Waals surface area contributed by atoms with Gasteiger partial charge in [-0.05, 0) is 18.2 Å². The number of aromatic nitrogens is 2. The third kappa shape index (κ3) is 2.91. The Morgan fingerprint density at radius 3 is 2.67 bits per heavy atom. The van der Waals surface area contributed by atoms with Crippen molar-refractivity contribution < 1.29 is 9.72 Å². The number of nitro groups is 1. The van der Waals surface area contributed by atoms with Gasteiger partial charge in [0.25, 0.3) is 5.69 Å². The highest BCUT2D eigenvalue weighted by Gasteiger charge is 2.06. The van der Waals surface area contributed by atoms with E-state index in [-0.39, 0.29) is 18.1 Å². The van der Waals surface area contributed by atoms with E-state index in [4.69, 9.17) is 0 Å². The fraction of sp³-hybridized carbons (Fsp3) is 0.0909. The molecule has 0 aliphatic heterocycles. The standard InChI is InChI=1S/C11H10N4O3/c16-11(8-14-7-1-6-12-14)13-9-2-4-10(5-3-9)15(17)18/h1-7H,8H2,(H,13,16). The molecule has 2 aromatic rings. The second-order valence-corrected chi connectivity index (χ2v) is 3.56. The van der Waals surface area contributed by atoms with E-state index in [9.17, 15) is 14.9 Å². The fourth-order valence-electron chi connectivity index (χ4n) is 1.41. The molecule has 0 fully saturated rings. The topological polar surface area (TPSA) is 90.1 Å². The summed E-state index contributed by atoms with van der Waals surface area (Å²) in [6, 6.07) is 7.37. The molecule has 1 aromatic heterocycles. The molecule has 1 N–H and O–H groups in total. The van der Waals surface area contributed by atoms with Crippen molar-refractivity contribution in [2.24, 2.45) is 0 Å². The molecule has 0 spiro atoms. The molecule has 0 saturated heterocycles. The molecule has 0 aliphatic rings. The van der Waals surface area contributed by atoms with E-state index in [2.05, 4.69) is 10.4 Å². The van der Waals surface area contributed by atoms with Crippen LogP contribution in [0, 0.1) is 10.1 Å². The fourth-order valence-corrected chi connectivity index (χ4v) is 1.41. The summed E-state index contributed by atoms with van der Waals surface area (Å²) >= 11 is 0. The summed E-state index contributed by atoms with van der Waals surface area (Å²) in [5.41, 5.74) is 0.498. The van der Waals surface area contributed by atoms with Gasteiger partial charge in [0.05, 0.1) is 4.92 Å². The van der Waals surface area contributed by atoms with E-state index in [1.54, 1.807) is 18.5 Å². The zero-order valence-corrected chi connectivity index (χ0v) is 9.31. The normalized spacial score (nSPS) is 10.0. The number of rotatable bonds is 4. The quantitative estimate of drug-likeness (QED) is 0.652. The number of hydrogen-bond acceptors (Lipinski definition) is 4. The van der Waals surface area contributed by atoms with Crippen molar-refractivity contribution in [3.8, 4) is 0 Å². The summed E-state index contributed by atoms with van der Waals surface area (Å²) in [5, 5.41) is 17.0. The highest BCUT2D eigenvalue weighted by atomic mass is 16.6. The Morgan fingerprint density at radius 1 is 1.39 bits per heavy atom. The van der Waals surface area contributed by atoms with Crippen LogP contribution in [0.25, 0.3) is 0 Å².